The van der Waals surface area contributed by atoms with Crippen LogP contribution in [-0.4, -0.2) is 33.0 Å². The van der Waals surface area contributed by atoms with E-state index in [9.17, 15) is 9.18 Å². The van der Waals surface area contributed by atoms with E-state index in [4.69, 9.17) is 4.74 Å². The minimum absolute atomic E-state index is 0.0605. The second-order valence-electron chi connectivity index (χ2n) is 6.83. The normalized spacial score (nSPS) is 10.6. The van der Waals surface area contributed by atoms with Crippen LogP contribution >= 0.6 is 11.8 Å². The lowest BCUT2D eigenvalue weighted by atomic mass is 10.1. The van der Waals surface area contributed by atoms with Gasteiger partial charge in [-0.3, -0.25) is 9.36 Å². The summed E-state index contributed by atoms with van der Waals surface area (Å²) >= 11 is 1.29. The number of benzene rings is 2. The van der Waals surface area contributed by atoms with Crippen LogP contribution in [0.5, 0.6) is 5.75 Å². The number of nitrogens with one attached hydrogen (secondary N) is 1. The maximum atomic E-state index is 13.8. The zero-order valence-corrected chi connectivity index (χ0v) is 18.2. The molecule has 0 aliphatic rings. The van der Waals surface area contributed by atoms with Crippen molar-refractivity contribution in [1.82, 2.24) is 20.1 Å². The third-order valence-electron chi connectivity index (χ3n) is 4.61. The molecule has 31 heavy (non-hydrogen) atoms. The van der Waals surface area contributed by atoms with Gasteiger partial charge in [0.05, 0.1) is 5.75 Å². The van der Waals surface area contributed by atoms with Crippen molar-refractivity contribution in [3.63, 3.8) is 0 Å². The average Bonchev–Trinajstić information content (AvgIpc) is 3.15. The Kier molecular flexibility index (Phi) is 8.23. The molecule has 0 bridgehead atoms. The fourth-order valence-corrected chi connectivity index (χ4v) is 3.75. The number of allylic oxidation sites excluding steroid dienone is 1. The highest BCUT2D eigenvalue weighted by Crippen LogP contribution is 2.20. The van der Waals surface area contributed by atoms with Crippen LogP contribution in [-0.2, 0) is 24.4 Å². The molecule has 0 fully saturated rings. The molecule has 8 heteroatoms. The predicted molar refractivity (Wildman–Crippen MR) is 120 cm³/mol. The number of hydrogen-bond donors (Lipinski definition) is 1. The van der Waals surface area contributed by atoms with Gasteiger partial charge < -0.3 is 10.1 Å². The van der Waals surface area contributed by atoms with Crippen molar-refractivity contribution in [3.05, 3.63) is 84.0 Å². The molecule has 1 N–H and O–H groups in total. The second kappa shape index (κ2) is 11.3. The quantitative estimate of drug-likeness (QED) is 0.361. The fourth-order valence-electron chi connectivity index (χ4n) is 2.96. The summed E-state index contributed by atoms with van der Waals surface area (Å²) in [6.07, 6.45) is 2.50. The van der Waals surface area contributed by atoms with Gasteiger partial charge in [0, 0.05) is 13.1 Å². The number of rotatable bonds is 11. The summed E-state index contributed by atoms with van der Waals surface area (Å²) in [5, 5.41) is 11.8. The van der Waals surface area contributed by atoms with Crippen LogP contribution in [0.2, 0.25) is 0 Å². The molecule has 0 aliphatic heterocycles. The molecule has 0 radical (unpaired) electrons. The van der Waals surface area contributed by atoms with Crippen molar-refractivity contribution in [2.75, 3.05) is 12.3 Å². The first-order chi connectivity index (χ1) is 15.1. The van der Waals surface area contributed by atoms with Gasteiger partial charge in [-0.15, -0.1) is 16.8 Å². The number of ether oxygens (including phenoxy) is 1. The number of thioether (sulfide) groups is 1. The first kappa shape index (κ1) is 22.6. The molecular weight excluding hydrogens is 415 g/mol. The summed E-state index contributed by atoms with van der Waals surface area (Å²) in [4.78, 5) is 12.2. The van der Waals surface area contributed by atoms with Gasteiger partial charge in [-0.1, -0.05) is 54.2 Å². The first-order valence-electron chi connectivity index (χ1n) is 9.92. The van der Waals surface area contributed by atoms with E-state index >= 15 is 0 Å². The summed E-state index contributed by atoms with van der Waals surface area (Å²) < 4.78 is 21.1. The average molecular weight is 441 g/mol. The summed E-state index contributed by atoms with van der Waals surface area (Å²) in [5.41, 5.74) is 2.44. The SMILES string of the molecule is C=CCn1c(COc2ccccc2F)nnc1SCC(=O)NCCc1ccccc1C. The molecule has 0 saturated carbocycles. The molecule has 0 atom stereocenters. The van der Waals surface area contributed by atoms with Crippen LogP contribution in [0.25, 0.3) is 0 Å². The predicted octanol–water partition coefficient (Wildman–Crippen LogP) is 3.94. The number of amides is 1. The Morgan fingerprint density at radius 3 is 2.77 bits per heavy atom. The molecule has 0 spiro atoms. The third-order valence-corrected chi connectivity index (χ3v) is 5.58. The summed E-state index contributed by atoms with van der Waals surface area (Å²) in [7, 11) is 0. The van der Waals surface area contributed by atoms with Crippen LogP contribution in [0.1, 0.15) is 17.0 Å². The van der Waals surface area contributed by atoms with Crippen molar-refractivity contribution in [2.24, 2.45) is 0 Å². The number of para-hydroxylation sites is 1. The summed E-state index contributed by atoms with van der Waals surface area (Å²) in [6.45, 7) is 6.91. The van der Waals surface area contributed by atoms with Gasteiger partial charge in [-0.2, -0.15) is 0 Å². The highest BCUT2D eigenvalue weighted by atomic mass is 32.2. The van der Waals surface area contributed by atoms with E-state index in [-0.39, 0.29) is 24.0 Å². The van der Waals surface area contributed by atoms with E-state index in [1.807, 2.05) is 12.1 Å². The minimum atomic E-state index is -0.436. The Hall–Kier alpha value is -3.13. The van der Waals surface area contributed by atoms with E-state index in [0.717, 1.165) is 6.42 Å². The van der Waals surface area contributed by atoms with Gasteiger partial charge in [0.2, 0.25) is 5.91 Å². The number of nitrogens with zero attached hydrogens (tertiary/aromatic N) is 3. The molecule has 162 valence electrons. The summed E-state index contributed by atoms with van der Waals surface area (Å²) in [5.74, 6) is 0.394. The van der Waals surface area contributed by atoms with Crippen molar-refractivity contribution in [1.29, 1.82) is 0 Å². The largest absolute Gasteiger partial charge is 0.483 e. The Balaban J connectivity index is 1.52. The minimum Gasteiger partial charge on any atom is -0.483 e. The molecule has 0 aliphatic carbocycles. The molecule has 2 aromatic carbocycles. The van der Waals surface area contributed by atoms with Crippen LogP contribution in [0.4, 0.5) is 4.39 Å². The second-order valence-corrected chi connectivity index (χ2v) is 7.77. The van der Waals surface area contributed by atoms with Gasteiger partial charge in [0.25, 0.3) is 0 Å². The Morgan fingerprint density at radius 1 is 1.23 bits per heavy atom. The van der Waals surface area contributed by atoms with E-state index in [0.29, 0.717) is 24.1 Å². The van der Waals surface area contributed by atoms with Crippen molar-refractivity contribution in [3.8, 4) is 5.75 Å². The molecule has 1 heterocycles. The van der Waals surface area contributed by atoms with Gasteiger partial charge in [-0.05, 0) is 36.6 Å². The monoisotopic (exact) mass is 440 g/mol. The molecule has 0 saturated heterocycles. The maximum Gasteiger partial charge on any atom is 0.230 e. The lowest BCUT2D eigenvalue weighted by molar-refractivity contribution is -0.118. The standard InChI is InChI=1S/C23H25FN4O2S/c1-3-14-28-21(15-30-20-11-7-6-10-19(20)24)26-27-23(28)31-16-22(29)25-13-12-18-9-5-4-8-17(18)2/h3-11H,1,12-16H2,2H3,(H,25,29). The lowest BCUT2D eigenvalue weighted by Crippen LogP contribution is -2.27. The van der Waals surface area contributed by atoms with E-state index in [1.54, 1.807) is 28.8 Å². The molecule has 3 rings (SSSR count). The van der Waals surface area contributed by atoms with Crippen molar-refractivity contribution >= 4 is 17.7 Å². The van der Waals surface area contributed by atoms with E-state index in [2.05, 4.69) is 41.1 Å². The van der Waals surface area contributed by atoms with Gasteiger partial charge in [0.1, 0.15) is 6.61 Å². The topological polar surface area (TPSA) is 69.0 Å². The van der Waals surface area contributed by atoms with Crippen LogP contribution in [0.3, 0.4) is 0 Å². The Labute approximate surface area is 185 Å². The molecule has 0 unspecified atom stereocenters. The Morgan fingerprint density at radius 2 is 2.00 bits per heavy atom. The number of hydrogen-bond acceptors (Lipinski definition) is 5. The number of aryl methyl sites for hydroxylation is 1. The number of carbonyl (C=O) groups is 1. The van der Waals surface area contributed by atoms with Crippen LogP contribution in [0, 0.1) is 12.7 Å². The third kappa shape index (κ3) is 6.42. The van der Waals surface area contributed by atoms with Gasteiger partial charge >= 0.3 is 0 Å². The highest BCUT2D eigenvalue weighted by molar-refractivity contribution is 7.99. The maximum absolute atomic E-state index is 13.8. The number of halogens is 1. The smallest absolute Gasteiger partial charge is 0.230 e. The van der Waals surface area contributed by atoms with Crippen molar-refractivity contribution in [2.45, 2.75) is 31.7 Å². The Bertz CT molecular complexity index is 1040. The van der Waals surface area contributed by atoms with E-state index in [1.165, 1.54) is 29.0 Å². The lowest BCUT2D eigenvalue weighted by Gasteiger charge is -2.10. The number of aromatic nitrogens is 3. The highest BCUT2D eigenvalue weighted by Gasteiger charge is 2.15. The van der Waals surface area contributed by atoms with Gasteiger partial charge in [-0.25, -0.2) is 4.39 Å². The van der Waals surface area contributed by atoms with Gasteiger partial charge in [0.15, 0.2) is 22.5 Å². The fraction of sp³-hybridized carbons (Fsp3) is 0.261. The zero-order valence-electron chi connectivity index (χ0n) is 17.4. The molecular formula is C23H25FN4O2S. The summed E-state index contributed by atoms with van der Waals surface area (Å²) in [6, 6.07) is 14.3. The molecule has 3 aromatic rings. The number of carbonyl (C=O) groups excluding carboxylic acids is 1. The van der Waals surface area contributed by atoms with Crippen molar-refractivity contribution < 1.29 is 13.9 Å². The van der Waals surface area contributed by atoms with E-state index < -0.39 is 5.82 Å². The zero-order chi connectivity index (χ0) is 22.1. The molecule has 6 nitrogen and oxygen atoms in total. The van der Waals surface area contributed by atoms with Crippen LogP contribution in [0.15, 0.2) is 66.3 Å². The first-order valence-corrected chi connectivity index (χ1v) is 10.9. The van der Waals surface area contributed by atoms with Crippen LogP contribution < -0.4 is 10.1 Å². The molecule has 1 amide bonds. The molecule has 1 aromatic heterocycles.